The van der Waals surface area contributed by atoms with Crippen LogP contribution >= 0.6 is 0 Å². The topological polar surface area (TPSA) is 69.1 Å². The molecule has 3 nitrogen and oxygen atoms in total. The molecule has 0 aliphatic carbocycles. The van der Waals surface area contributed by atoms with Crippen LogP contribution in [0.1, 0.15) is 0 Å². The normalized spacial score (nSPS) is 9.33. The quantitative estimate of drug-likeness (QED) is 0.313. The van der Waals surface area contributed by atoms with Crippen molar-refractivity contribution in [2.75, 3.05) is 0 Å². The first-order valence-electron chi connectivity index (χ1n) is 1.35. The Morgan fingerprint density at radius 3 is 1.83 bits per heavy atom. The maximum Gasteiger partial charge on any atom is 0.332 e. The minimum atomic E-state index is -1.69. The van der Waals surface area contributed by atoms with Crippen molar-refractivity contribution in [3.8, 4) is 0 Å². The van der Waals surface area contributed by atoms with Gasteiger partial charge < -0.3 is 11.5 Å². The summed E-state index contributed by atoms with van der Waals surface area (Å²) in [5.74, 6) is 0. The first kappa shape index (κ1) is 5.52. The van der Waals surface area contributed by atoms with E-state index >= 15 is 0 Å². The van der Waals surface area contributed by atoms with Gasteiger partial charge in [0.15, 0.2) is 0 Å². The van der Waals surface area contributed by atoms with E-state index in [1.54, 1.807) is 0 Å². The molecule has 4 heteroatoms. The van der Waals surface area contributed by atoms with Gasteiger partial charge in [0.25, 0.3) is 0 Å². The standard InChI is InChI=1S/C2H5FN2O/c3-1(6)2(4)5/h2H,4-5H2. The van der Waals surface area contributed by atoms with Gasteiger partial charge in [-0.15, -0.1) is 0 Å². The monoisotopic (exact) mass is 92.0 g/mol. The molecule has 0 saturated heterocycles. The van der Waals surface area contributed by atoms with Gasteiger partial charge in [-0.05, 0) is 0 Å². The van der Waals surface area contributed by atoms with E-state index in [1.807, 2.05) is 0 Å². The predicted molar refractivity (Wildman–Crippen MR) is 18.3 cm³/mol. The van der Waals surface area contributed by atoms with E-state index in [-0.39, 0.29) is 0 Å². The Kier molecular flexibility index (Phi) is 1.69. The molecule has 4 N–H and O–H groups in total. The van der Waals surface area contributed by atoms with Crippen molar-refractivity contribution in [3.05, 3.63) is 0 Å². The number of hydrogen-bond donors (Lipinski definition) is 2. The summed E-state index contributed by atoms with van der Waals surface area (Å²) in [6.45, 7) is 0. The van der Waals surface area contributed by atoms with Crippen molar-refractivity contribution in [2.24, 2.45) is 11.5 Å². The highest BCUT2D eigenvalue weighted by Gasteiger charge is 2.01. The van der Waals surface area contributed by atoms with Crippen molar-refractivity contribution in [2.45, 2.75) is 6.17 Å². The van der Waals surface area contributed by atoms with E-state index in [1.165, 1.54) is 0 Å². The Balaban J connectivity index is 3.26. The van der Waals surface area contributed by atoms with E-state index in [9.17, 15) is 9.18 Å². The second-order valence-electron chi connectivity index (χ2n) is 0.830. The minimum absolute atomic E-state index is 1.45. The Hall–Kier alpha value is -0.480. The van der Waals surface area contributed by atoms with Gasteiger partial charge in [0.2, 0.25) is 0 Å². The number of carbonyl (C=O) groups excluding carboxylic acids is 1. The van der Waals surface area contributed by atoms with Crippen LogP contribution in [0, 0.1) is 0 Å². The average molecular weight is 92.1 g/mol. The third kappa shape index (κ3) is 1.80. The smallest absolute Gasteiger partial charge is 0.307 e. The molecule has 0 bridgehead atoms. The average Bonchev–Trinajstić information content (AvgIpc) is 1.36. The van der Waals surface area contributed by atoms with Crippen LogP contribution < -0.4 is 11.5 Å². The molecule has 0 amide bonds. The third-order valence-electron chi connectivity index (χ3n) is 0.262. The number of carbonyl (C=O) groups is 1. The molecule has 0 atom stereocenters. The highest BCUT2D eigenvalue weighted by atomic mass is 19.1. The second kappa shape index (κ2) is 1.84. The van der Waals surface area contributed by atoms with Crippen molar-refractivity contribution in [1.29, 1.82) is 0 Å². The molecule has 0 aromatic heterocycles. The minimum Gasteiger partial charge on any atom is -0.307 e. The largest absolute Gasteiger partial charge is 0.332 e. The summed E-state index contributed by atoms with van der Waals surface area (Å²) < 4.78 is 10.9. The molecule has 0 aromatic rings. The molecule has 0 fully saturated rings. The van der Waals surface area contributed by atoms with Crippen LogP contribution in [0.4, 0.5) is 4.39 Å². The fourth-order valence-electron chi connectivity index (χ4n) is 0. The SMILES string of the molecule is NC(N)C(=O)F. The Bertz CT molecular complexity index is 62.6. The molecule has 36 valence electrons. The fourth-order valence-corrected chi connectivity index (χ4v) is 0. The maximum atomic E-state index is 10.9. The second-order valence-corrected chi connectivity index (χ2v) is 0.830. The predicted octanol–water partition coefficient (Wildman–Crippen LogP) is -1.27. The van der Waals surface area contributed by atoms with Gasteiger partial charge in [0.1, 0.15) is 6.17 Å². The van der Waals surface area contributed by atoms with E-state index in [4.69, 9.17) is 0 Å². The molecule has 0 spiro atoms. The third-order valence-corrected chi connectivity index (χ3v) is 0.262. The molecule has 0 unspecified atom stereocenters. The zero-order chi connectivity index (χ0) is 5.15. The highest BCUT2D eigenvalue weighted by Crippen LogP contribution is 1.68. The molecular weight excluding hydrogens is 87.0 g/mol. The van der Waals surface area contributed by atoms with Gasteiger partial charge in [-0.1, -0.05) is 0 Å². The van der Waals surface area contributed by atoms with Crippen LogP contribution in [-0.4, -0.2) is 12.2 Å². The fraction of sp³-hybridized carbons (Fsp3) is 0.500. The van der Waals surface area contributed by atoms with Gasteiger partial charge in [-0.3, -0.25) is 4.79 Å². The van der Waals surface area contributed by atoms with Crippen LogP contribution in [0.2, 0.25) is 0 Å². The van der Waals surface area contributed by atoms with E-state index < -0.39 is 12.2 Å². The molecule has 0 aromatic carbocycles. The van der Waals surface area contributed by atoms with Crippen LogP contribution in [-0.2, 0) is 4.79 Å². The molecular formula is C2H5FN2O. The molecule has 0 saturated carbocycles. The van der Waals surface area contributed by atoms with Crippen molar-refractivity contribution < 1.29 is 9.18 Å². The van der Waals surface area contributed by atoms with Crippen LogP contribution in [0.5, 0.6) is 0 Å². The lowest BCUT2D eigenvalue weighted by molar-refractivity contribution is -0.130. The maximum absolute atomic E-state index is 10.9. The summed E-state index contributed by atoms with van der Waals surface area (Å²) >= 11 is 0. The number of halogens is 1. The van der Waals surface area contributed by atoms with Crippen LogP contribution in [0.15, 0.2) is 0 Å². The molecule has 0 heterocycles. The summed E-state index contributed by atoms with van der Waals surface area (Å²) in [6.07, 6.45) is -1.45. The molecule has 0 rings (SSSR count). The number of nitrogens with two attached hydrogens (primary N) is 2. The zero-order valence-electron chi connectivity index (χ0n) is 3.02. The molecule has 0 aliphatic rings. The van der Waals surface area contributed by atoms with Gasteiger partial charge in [-0.2, -0.15) is 4.39 Å². The molecule has 0 radical (unpaired) electrons. The van der Waals surface area contributed by atoms with Crippen LogP contribution in [0.25, 0.3) is 0 Å². The van der Waals surface area contributed by atoms with Gasteiger partial charge in [0, 0.05) is 0 Å². The lowest BCUT2D eigenvalue weighted by atomic mass is 10.6. The van der Waals surface area contributed by atoms with Crippen molar-refractivity contribution >= 4 is 6.04 Å². The van der Waals surface area contributed by atoms with E-state index in [2.05, 4.69) is 11.5 Å². The lowest BCUT2D eigenvalue weighted by Crippen LogP contribution is -2.36. The summed E-state index contributed by atoms with van der Waals surface area (Å²) in [6, 6.07) is -1.69. The van der Waals surface area contributed by atoms with Gasteiger partial charge >= 0.3 is 6.04 Å². The first-order chi connectivity index (χ1) is 2.64. The van der Waals surface area contributed by atoms with E-state index in [0.29, 0.717) is 0 Å². The van der Waals surface area contributed by atoms with Gasteiger partial charge in [0.05, 0.1) is 0 Å². The molecule has 0 aliphatic heterocycles. The summed E-state index contributed by atoms with van der Waals surface area (Å²) in [5, 5.41) is 0. The number of hydrogen-bond acceptors (Lipinski definition) is 3. The van der Waals surface area contributed by atoms with Crippen LogP contribution in [0.3, 0.4) is 0 Å². The Morgan fingerprint density at radius 2 is 1.83 bits per heavy atom. The Labute approximate surface area is 34.1 Å². The highest BCUT2D eigenvalue weighted by molar-refractivity contribution is 5.73. The lowest BCUT2D eigenvalue weighted by Gasteiger charge is -1.88. The first-order valence-corrected chi connectivity index (χ1v) is 1.35. The van der Waals surface area contributed by atoms with Crippen molar-refractivity contribution in [3.63, 3.8) is 0 Å². The zero-order valence-corrected chi connectivity index (χ0v) is 3.02. The van der Waals surface area contributed by atoms with Crippen molar-refractivity contribution in [1.82, 2.24) is 0 Å². The number of rotatable bonds is 1. The summed E-state index contributed by atoms with van der Waals surface area (Å²) in [7, 11) is 0. The Morgan fingerprint density at radius 1 is 1.67 bits per heavy atom. The summed E-state index contributed by atoms with van der Waals surface area (Å²) in [5.41, 5.74) is 8.98. The molecule has 6 heavy (non-hydrogen) atoms. The van der Waals surface area contributed by atoms with Gasteiger partial charge in [-0.25, -0.2) is 0 Å². The summed E-state index contributed by atoms with van der Waals surface area (Å²) in [4.78, 5) is 9.23. The van der Waals surface area contributed by atoms with E-state index in [0.717, 1.165) is 0 Å².